The summed E-state index contributed by atoms with van der Waals surface area (Å²) in [5.74, 6) is 0.871. The molecule has 0 radical (unpaired) electrons. The van der Waals surface area contributed by atoms with Crippen molar-refractivity contribution in [2.24, 2.45) is 0 Å². The fourth-order valence-electron chi connectivity index (χ4n) is 3.53. The highest BCUT2D eigenvalue weighted by Gasteiger charge is 2.25. The van der Waals surface area contributed by atoms with Gasteiger partial charge in [0.25, 0.3) is 0 Å². The zero-order valence-corrected chi connectivity index (χ0v) is 17.7. The fraction of sp³-hybridized carbons (Fsp3) is 1.00. The molecule has 0 aliphatic carbocycles. The Morgan fingerprint density at radius 1 is 0.545 bits per heavy atom. The quantitative estimate of drug-likeness (QED) is 0.141. The summed E-state index contributed by atoms with van der Waals surface area (Å²) in [7, 11) is -0.992. The second-order valence-corrected chi connectivity index (χ2v) is 13.1. The van der Waals surface area contributed by atoms with Crippen LogP contribution in [0.3, 0.4) is 0 Å². The van der Waals surface area contributed by atoms with Crippen LogP contribution in [0.1, 0.15) is 97.3 Å². The topological polar surface area (TPSA) is 0 Å². The second kappa shape index (κ2) is 16.4. The third-order valence-corrected chi connectivity index (χ3v) is 10.1. The monoisotopic (exact) mass is 346 g/mol. The average molecular weight is 347 g/mol. The van der Waals surface area contributed by atoms with E-state index in [-0.39, 0.29) is 0 Å². The van der Waals surface area contributed by atoms with Crippen LogP contribution in [0.15, 0.2) is 0 Å². The highest BCUT2D eigenvalue weighted by molar-refractivity contribution is 6.78. The van der Waals surface area contributed by atoms with Crippen LogP contribution in [0.5, 0.6) is 0 Å². The average Bonchev–Trinajstić information content (AvgIpc) is 2.52. The van der Waals surface area contributed by atoms with Crippen molar-refractivity contribution in [3.63, 3.8) is 0 Å². The Morgan fingerprint density at radius 2 is 0.909 bits per heavy atom. The van der Waals surface area contributed by atoms with Crippen LogP contribution in [0, 0.1) is 0 Å². The van der Waals surface area contributed by atoms with Gasteiger partial charge in [0.15, 0.2) is 0 Å². The molecule has 0 rings (SSSR count). The minimum atomic E-state index is -0.992. The molecular weight excluding hydrogens is 304 g/mol. The van der Waals surface area contributed by atoms with E-state index in [1.54, 1.807) is 12.1 Å². The maximum Gasteiger partial charge on any atom is 0.0505 e. The molecule has 0 nitrogen and oxygen atoms in total. The van der Waals surface area contributed by atoms with Gasteiger partial charge in [-0.05, 0) is 6.42 Å². The third-order valence-electron chi connectivity index (χ3n) is 5.18. The molecule has 0 aromatic heterocycles. The van der Waals surface area contributed by atoms with E-state index in [0.717, 1.165) is 5.88 Å². The summed E-state index contributed by atoms with van der Waals surface area (Å²) in [5.41, 5.74) is 0. The first-order chi connectivity index (χ1) is 10.7. The predicted octanol–water partition coefficient (Wildman–Crippen LogP) is 8.41. The van der Waals surface area contributed by atoms with Gasteiger partial charge in [-0.15, -0.1) is 11.6 Å². The lowest BCUT2D eigenvalue weighted by Gasteiger charge is -2.27. The molecule has 0 heterocycles. The van der Waals surface area contributed by atoms with Gasteiger partial charge in [0.2, 0.25) is 0 Å². The lowest BCUT2D eigenvalue weighted by atomic mass is 10.1. The Balaban J connectivity index is 3.84. The number of hydrogen-bond acceptors (Lipinski definition) is 0. The first-order valence-electron chi connectivity index (χ1n) is 10.2. The van der Waals surface area contributed by atoms with Gasteiger partial charge in [0, 0.05) is 5.88 Å². The number of alkyl halides is 1. The van der Waals surface area contributed by atoms with Crippen LogP contribution in [0.2, 0.25) is 24.7 Å². The van der Waals surface area contributed by atoms with E-state index >= 15 is 0 Å². The Morgan fingerprint density at radius 3 is 1.32 bits per heavy atom. The van der Waals surface area contributed by atoms with Crippen molar-refractivity contribution in [3.05, 3.63) is 0 Å². The van der Waals surface area contributed by atoms with Crippen molar-refractivity contribution < 1.29 is 0 Å². The molecule has 2 heteroatoms. The molecule has 0 aliphatic heterocycles. The van der Waals surface area contributed by atoms with Gasteiger partial charge in [-0.3, -0.25) is 0 Å². The van der Waals surface area contributed by atoms with E-state index in [1.807, 2.05) is 0 Å². The lowest BCUT2D eigenvalue weighted by molar-refractivity contribution is 0.613. The summed E-state index contributed by atoms with van der Waals surface area (Å²) < 4.78 is 0. The van der Waals surface area contributed by atoms with Crippen LogP contribution in [-0.2, 0) is 0 Å². The highest BCUT2D eigenvalue weighted by atomic mass is 35.5. The van der Waals surface area contributed by atoms with Gasteiger partial charge >= 0.3 is 0 Å². The van der Waals surface area contributed by atoms with E-state index in [0.29, 0.717) is 0 Å². The van der Waals surface area contributed by atoms with Crippen LogP contribution in [0.4, 0.5) is 0 Å². The highest BCUT2D eigenvalue weighted by Crippen LogP contribution is 2.28. The predicted molar refractivity (Wildman–Crippen MR) is 108 cm³/mol. The molecule has 0 atom stereocenters. The van der Waals surface area contributed by atoms with Crippen LogP contribution >= 0.6 is 11.6 Å². The first kappa shape index (κ1) is 22.5. The van der Waals surface area contributed by atoms with Gasteiger partial charge in [-0.1, -0.05) is 116 Å². The van der Waals surface area contributed by atoms with Gasteiger partial charge in [0.1, 0.15) is 0 Å². The van der Waals surface area contributed by atoms with Crippen molar-refractivity contribution in [3.8, 4) is 0 Å². The second-order valence-electron chi connectivity index (χ2n) is 7.64. The molecule has 0 aromatic rings. The number of halogens is 1. The summed E-state index contributed by atoms with van der Waals surface area (Å²) in [4.78, 5) is 0. The summed E-state index contributed by atoms with van der Waals surface area (Å²) >= 11 is 5.97. The Labute approximate surface area is 147 Å². The van der Waals surface area contributed by atoms with Crippen LogP contribution in [0.25, 0.3) is 0 Å². The first-order valence-corrected chi connectivity index (χ1v) is 13.9. The zero-order chi connectivity index (χ0) is 16.5. The minimum Gasteiger partial charge on any atom is -0.127 e. The molecule has 0 saturated heterocycles. The van der Waals surface area contributed by atoms with Crippen molar-refractivity contribution in [1.29, 1.82) is 0 Å². The normalized spacial score (nSPS) is 12.0. The van der Waals surface area contributed by atoms with E-state index in [9.17, 15) is 0 Å². The largest absolute Gasteiger partial charge is 0.127 e. The Bertz CT molecular complexity index is 202. The van der Waals surface area contributed by atoms with Crippen molar-refractivity contribution in [1.82, 2.24) is 0 Å². The number of unbranched alkanes of at least 4 members (excludes halogenated alkanes) is 10. The lowest BCUT2D eigenvalue weighted by Crippen LogP contribution is -2.29. The molecule has 0 saturated carbocycles. The SMILES string of the molecule is CCCCCCCC[Si](C)(CCCCl)CCCCCCCC. The molecule has 0 spiro atoms. The van der Waals surface area contributed by atoms with E-state index in [1.165, 1.54) is 89.5 Å². The van der Waals surface area contributed by atoms with Crippen LogP contribution in [-0.4, -0.2) is 14.0 Å². The Hall–Kier alpha value is 0.507. The molecule has 0 aromatic carbocycles. The molecule has 0 aliphatic rings. The van der Waals surface area contributed by atoms with Crippen LogP contribution < -0.4 is 0 Å². The summed E-state index contributed by atoms with van der Waals surface area (Å²) in [5, 5.41) is 0. The zero-order valence-electron chi connectivity index (χ0n) is 15.9. The molecule has 0 amide bonds. The third kappa shape index (κ3) is 14.1. The summed E-state index contributed by atoms with van der Waals surface area (Å²) in [6.45, 7) is 7.27. The van der Waals surface area contributed by atoms with Gasteiger partial charge in [-0.25, -0.2) is 0 Å². The van der Waals surface area contributed by atoms with Gasteiger partial charge < -0.3 is 0 Å². The van der Waals surface area contributed by atoms with Gasteiger partial charge in [-0.2, -0.15) is 0 Å². The van der Waals surface area contributed by atoms with E-state index in [2.05, 4.69) is 20.4 Å². The molecule has 22 heavy (non-hydrogen) atoms. The molecule has 134 valence electrons. The maximum absolute atomic E-state index is 5.97. The van der Waals surface area contributed by atoms with Gasteiger partial charge in [0.05, 0.1) is 8.07 Å². The maximum atomic E-state index is 5.97. The number of hydrogen-bond donors (Lipinski definition) is 0. The molecule has 0 unspecified atom stereocenters. The fourth-order valence-corrected chi connectivity index (χ4v) is 7.88. The molecule has 0 fully saturated rings. The standard InChI is InChI=1S/C20H43ClSi/c1-4-6-8-10-12-14-18-22(3,20-16-17-21)19-15-13-11-9-7-5-2/h4-20H2,1-3H3. The molecule has 0 bridgehead atoms. The Kier molecular flexibility index (Phi) is 16.7. The van der Waals surface area contributed by atoms with E-state index < -0.39 is 8.07 Å². The number of rotatable bonds is 17. The summed E-state index contributed by atoms with van der Waals surface area (Å²) in [6, 6.07) is 4.59. The smallest absolute Gasteiger partial charge is 0.0505 e. The van der Waals surface area contributed by atoms with Crippen molar-refractivity contribution in [2.45, 2.75) is 122 Å². The molecular formula is C20H43ClSi. The van der Waals surface area contributed by atoms with E-state index in [4.69, 9.17) is 11.6 Å². The van der Waals surface area contributed by atoms with Crippen molar-refractivity contribution >= 4 is 19.7 Å². The van der Waals surface area contributed by atoms with Crippen molar-refractivity contribution in [2.75, 3.05) is 5.88 Å². The summed E-state index contributed by atoms with van der Waals surface area (Å²) in [6.07, 6.45) is 18.6. The minimum absolute atomic E-state index is 0.871. The molecule has 0 N–H and O–H groups in total.